The Morgan fingerprint density at radius 1 is 1.14 bits per heavy atom. The Kier molecular flexibility index (Phi) is 3.42. The van der Waals surface area contributed by atoms with Crippen LogP contribution >= 0.6 is 15.9 Å². The number of hydrogen-bond acceptors (Lipinski definition) is 3. The topological polar surface area (TPSA) is 80.9 Å². The lowest BCUT2D eigenvalue weighted by atomic mass is 10.2. The van der Waals surface area contributed by atoms with Crippen LogP contribution in [0.3, 0.4) is 0 Å². The number of anilines is 1. The van der Waals surface area contributed by atoms with Gasteiger partial charge in [0.15, 0.2) is 0 Å². The van der Waals surface area contributed by atoms with Crippen LogP contribution < -0.4 is 11.0 Å². The molecule has 0 aliphatic rings. The summed E-state index contributed by atoms with van der Waals surface area (Å²) in [5, 5.41) is 12.5. The predicted octanol–water partition coefficient (Wildman–Crippen LogP) is 3.08. The second kappa shape index (κ2) is 5.25. The minimum Gasteiger partial charge on any atom is -0.508 e. The minimum absolute atomic E-state index is 0.115. The molecule has 0 atom stereocenters. The lowest BCUT2D eigenvalue weighted by molar-refractivity contribution is 0.468. The minimum atomic E-state index is -0.490. The number of aromatic amines is 2. The molecule has 0 fully saturated rings. The Morgan fingerprint density at radius 2 is 1.86 bits per heavy atom. The van der Waals surface area contributed by atoms with Crippen LogP contribution in [0.15, 0.2) is 39.6 Å². The molecular formula is C14H11BrFN3O2. The molecule has 21 heavy (non-hydrogen) atoms. The van der Waals surface area contributed by atoms with E-state index in [4.69, 9.17) is 0 Å². The van der Waals surface area contributed by atoms with Gasteiger partial charge in [0.05, 0.1) is 16.7 Å². The third kappa shape index (κ3) is 2.92. The standard InChI is InChI=1S/C14H11BrFN3O2/c15-10-4-12-13(19-14(21)18-12)5-11(10)17-6-7-1-8(16)3-9(20)2-7/h1-5,17,20H,6H2,(H2,18,19,21). The van der Waals surface area contributed by atoms with Gasteiger partial charge in [-0.1, -0.05) is 0 Å². The molecular weight excluding hydrogens is 341 g/mol. The molecule has 0 unspecified atom stereocenters. The number of aromatic nitrogens is 2. The smallest absolute Gasteiger partial charge is 0.323 e. The van der Waals surface area contributed by atoms with Gasteiger partial charge in [-0.05, 0) is 45.8 Å². The summed E-state index contributed by atoms with van der Waals surface area (Å²) in [6, 6.07) is 7.43. The third-order valence-electron chi connectivity index (χ3n) is 3.03. The number of hydrogen-bond donors (Lipinski definition) is 4. The van der Waals surface area contributed by atoms with Crippen LogP contribution in [0, 0.1) is 5.82 Å². The molecule has 108 valence electrons. The van der Waals surface area contributed by atoms with Gasteiger partial charge < -0.3 is 20.4 Å². The third-order valence-corrected chi connectivity index (χ3v) is 3.68. The first-order valence-electron chi connectivity index (χ1n) is 6.15. The molecule has 5 nitrogen and oxygen atoms in total. The highest BCUT2D eigenvalue weighted by Gasteiger charge is 2.06. The molecule has 0 saturated carbocycles. The van der Waals surface area contributed by atoms with Crippen LogP contribution in [0.4, 0.5) is 10.1 Å². The van der Waals surface area contributed by atoms with E-state index < -0.39 is 5.82 Å². The van der Waals surface area contributed by atoms with E-state index in [1.165, 1.54) is 12.1 Å². The van der Waals surface area contributed by atoms with E-state index in [2.05, 4.69) is 31.2 Å². The van der Waals surface area contributed by atoms with Gasteiger partial charge in [0.1, 0.15) is 11.6 Å². The largest absolute Gasteiger partial charge is 0.508 e. The molecule has 1 heterocycles. The van der Waals surface area contributed by atoms with Gasteiger partial charge >= 0.3 is 5.69 Å². The van der Waals surface area contributed by atoms with Crippen molar-refractivity contribution in [2.75, 3.05) is 5.32 Å². The molecule has 0 bridgehead atoms. The van der Waals surface area contributed by atoms with E-state index in [-0.39, 0.29) is 11.4 Å². The quantitative estimate of drug-likeness (QED) is 0.585. The number of phenols is 1. The van der Waals surface area contributed by atoms with Gasteiger partial charge in [-0.25, -0.2) is 9.18 Å². The summed E-state index contributed by atoms with van der Waals surface area (Å²) in [5.41, 5.74) is 2.46. The van der Waals surface area contributed by atoms with Crippen molar-refractivity contribution in [1.29, 1.82) is 0 Å². The van der Waals surface area contributed by atoms with Crippen molar-refractivity contribution in [3.05, 3.63) is 56.7 Å². The zero-order chi connectivity index (χ0) is 15.0. The number of imidazole rings is 1. The SMILES string of the molecule is O=c1[nH]c2cc(Br)c(NCc3cc(O)cc(F)c3)cc2[nH]1. The number of halogens is 2. The number of H-pyrrole nitrogens is 2. The number of phenolic OH excluding ortho intramolecular Hbond substituents is 1. The number of nitrogens with one attached hydrogen (secondary N) is 3. The molecule has 3 aromatic rings. The van der Waals surface area contributed by atoms with Crippen LogP contribution in [-0.2, 0) is 6.54 Å². The van der Waals surface area contributed by atoms with E-state index >= 15 is 0 Å². The molecule has 0 radical (unpaired) electrons. The molecule has 4 N–H and O–H groups in total. The Balaban J connectivity index is 1.87. The van der Waals surface area contributed by atoms with Crippen LogP contribution in [0.1, 0.15) is 5.56 Å². The fraction of sp³-hybridized carbons (Fsp3) is 0.0714. The first kappa shape index (κ1) is 13.7. The predicted molar refractivity (Wildman–Crippen MR) is 82.0 cm³/mol. The van der Waals surface area contributed by atoms with Crippen molar-refractivity contribution < 1.29 is 9.50 Å². The molecule has 2 aromatic carbocycles. The first-order valence-corrected chi connectivity index (χ1v) is 6.94. The van der Waals surface area contributed by atoms with Gasteiger partial charge in [-0.2, -0.15) is 0 Å². The molecule has 1 aromatic heterocycles. The summed E-state index contributed by atoms with van der Waals surface area (Å²) in [5.74, 6) is -0.604. The molecule has 0 aliphatic heterocycles. The van der Waals surface area contributed by atoms with Crippen molar-refractivity contribution in [2.24, 2.45) is 0 Å². The van der Waals surface area contributed by atoms with Crippen molar-refractivity contribution >= 4 is 32.7 Å². The summed E-state index contributed by atoms with van der Waals surface area (Å²) in [7, 11) is 0. The van der Waals surface area contributed by atoms with E-state index in [0.29, 0.717) is 23.1 Å². The number of aromatic hydroxyl groups is 1. The molecule has 3 rings (SSSR count). The van der Waals surface area contributed by atoms with Gasteiger partial charge in [-0.3, -0.25) is 0 Å². The van der Waals surface area contributed by atoms with Crippen molar-refractivity contribution in [2.45, 2.75) is 6.54 Å². The lowest BCUT2D eigenvalue weighted by Crippen LogP contribution is -2.00. The Morgan fingerprint density at radius 3 is 2.57 bits per heavy atom. The van der Waals surface area contributed by atoms with E-state index in [1.54, 1.807) is 12.1 Å². The van der Waals surface area contributed by atoms with Gasteiger partial charge in [0.2, 0.25) is 0 Å². The number of benzene rings is 2. The summed E-state index contributed by atoms with van der Waals surface area (Å²) in [6.07, 6.45) is 0. The van der Waals surface area contributed by atoms with E-state index in [0.717, 1.165) is 16.2 Å². The van der Waals surface area contributed by atoms with E-state index in [1.807, 2.05) is 0 Å². The second-order valence-corrected chi connectivity index (χ2v) is 5.48. The van der Waals surface area contributed by atoms with Crippen LogP contribution in [0.5, 0.6) is 5.75 Å². The fourth-order valence-electron chi connectivity index (χ4n) is 2.12. The van der Waals surface area contributed by atoms with Crippen molar-refractivity contribution in [1.82, 2.24) is 9.97 Å². The molecule has 0 saturated heterocycles. The van der Waals surface area contributed by atoms with Crippen LogP contribution in [0.2, 0.25) is 0 Å². The normalized spacial score (nSPS) is 11.0. The maximum atomic E-state index is 13.2. The summed E-state index contributed by atoms with van der Waals surface area (Å²) >= 11 is 3.41. The van der Waals surface area contributed by atoms with Gasteiger partial charge in [0.25, 0.3) is 0 Å². The van der Waals surface area contributed by atoms with Gasteiger partial charge in [-0.15, -0.1) is 0 Å². The Labute approximate surface area is 127 Å². The molecule has 0 amide bonds. The molecule has 0 spiro atoms. The first-order chi connectivity index (χ1) is 10.0. The maximum absolute atomic E-state index is 13.2. The highest BCUT2D eigenvalue weighted by atomic mass is 79.9. The Hall–Kier alpha value is -2.28. The van der Waals surface area contributed by atoms with Crippen molar-refractivity contribution in [3.63, 3.8) is 0 Å². The monoisotopic (exact) mass is 351 g/mol. The number of fused-ring (bicyclic) bond motifs is 1. The van der Waals surface area contributed by atoms with Crippen molar-refractivity contribution in [3.8, 4) is 5.75 Å². The number of rotatable bonds is 3. The molecule has 0 aliphatic carbocycles. The highest BCUT2D eigenvalue weighted by Crippen LogP contribution is 2.27. The summed E-state index contributed by atoms with van der Waals surface area (Å²) in [6.45, 7) is 0.337. The van der Waals surface area contributed by atoms with E-state index in [9.17, 15) is 14.3 Å². The lowest BCUT2D eigenvalue weighted by Gasteiger charge is -2.09. The van der Waals surface area contributed by atoms with Crippen LogP contribution in [0.25, 0.3) is 11.0 Å². The summed E-state index contributed by atoms with van der Waals surface area (Å²) < 4.78 is 14.0. The molecule has 7 heteroatoms. The summed E-state index contributed by atoms with van der Waals surface area (Å²) in [4.78, 5) is 16.6. The van der Waals surface area contributed by atoms with Crippen LogP contribution in [-0.4, -0.2) is 15.1 Å². The average Bonchev–Trinajstić information content (AvgIpc) is 2.74. The highest BCUT2D eigenvalue weighted by molar-refractivity contribution is 9.10. The zero-order valence-electron chi connectivity index (χ0n) is 10.7. The van der Waals surface area contributed by atoms with Gasteiger partial charge in [0, 0.05) is 17.1 Å². The second-order valence-electron chi connectivity index (χ2n) is 4.63. The average molecular weight is 352 g/mol. The Bertz CT molecular complexity index is 852. The fourth-order valence-corrected chi connectivity index (χ4v) is 2.61. The maximum Gasteiger partial charge on any atom is 0.323 e. The zero-order valence-corrected chi connectivity index (χ0v) is 12.3.